The molecule has 0 atom stereocenters. The van der Waals surface area contributed by atoms with Gasteiger partial charge in [0.2, 0.25) is 0 Å². The Morgan fingerprint density at radius 2 is 0.605 bits per heavy atom. The van der Waals surface area contributed by atoms with Gasteiger partial charge in [-0.15, -0.1) is 0 Å². The Hall–Kier alpha value is -8.79. The van der Waals surface area contributed by atoms with Gasteiger partial charge in [-0.3, -0.25) is 0 Å². The smallest absolute Gasteiger partial charge is 0.164 e. The first-order valence-electron chi connectivity index (χ1n) is 27.4. The van der Waals surface area contributed by atoms with Gasteiger partial charge >= 0.3 is 0 Å². The normalized spacial score (nSPS) is 19.9. The van der Waals surface area contributed by atoms with E-state index in [0.717, 1.165) is 45.2 Å². The maximum absolute atomic E-state index is 5.35. The van der Waals surface area contributed by atoms with E-state index in [-0.39, 0.29) is 5.41 Å². The average molecular weight is 972 g/mol. The maximum Gasteiger partial charge on any atom is 0.164 e. The largest absolute Gasteiger partial charge is 0.208 e. The van der Waals surface area contributed by atoms with Crippen molar-refractivity contribution in [3.05, 3.63) is 248 Å². The molecule has 0 aliphatic heterocycles. The third-order valence-corrected chi connectivity index (χ3v) is 18.3. The SMILES string of the molecule is c1ccc(-c2ccc3c(c2)-c2ccc(-c4cc(-c5ccc6c(c5)-c5ccccc5-c5ccccc5-c5ccccc5-6)cc(-c5nc(-c6ccccc6)nc(-c6ccccc6)n5)c4)cc2C32C3CC4CC(C3)CC2C4)cc1. The molecule has 6 aliphatic carbocycles. The summed E-state index contributed by atoms with van der Waals surface area (Å²) in [4.78, 5) is 15.8. The van der Waals surface area contributed by atoms with Crippen molar-refractivity contribution in [1.29, 1.82) is 0 Å². The summed E-state index contributed by atoms with van der Waals surface area (Å²) in [5.41, 5.74) is 25.9. The third-order valence-electron chi connectivity index (χ3n) is 18.3. The van der Waals surface area contributed by atoms with Crippen LogP contribution in [-0.4, -0.2) is 15.0 Å². The van der Waals surface area contributed by atoms with E-state index in [4.69, 9.17) is 15.0 Å². The van der Waals surface area contributed by atoms with Gasteiger partial charge in [-0.2, -0.15) is 0 Å². The summed E-state index contributed by atoms with van der Waals surface area (Å²) >= 11 is 0. The van der Waals surface area contributed by atoms with Crippen molar-refractivity contribution < 1.29 is 0 Å². The average Bonchev–Trinajstić information content (AvgIpc) is 4.01. The van der Waals surface area contributed by atoms with Crippen LogP contribution in [-0.2, 0) is 5.41 Å². The molecule has 360 valence electrons. The molecule has 4 fully saturated rings. The lowest BCUT2D eigenvalue weighted by atomic mass is 9.43. The molecule has 17 rings (SSSR count). The van der Waals surface area contributed by atoms with Crippen molar-refractivity contribution in [3.63, 3.8) is 0 Å². The Balaban J connectivity index is 0.925. The molecule has 0 saturated heterocycles. The Labute approximate surface area is 444 Å². The Bertz CT molecular complexity index is 4030. The van der Waals surface area contributed by atoms with Crippen LogP contribution in [0.25, 0.3) is 123 Å². The second-order valence-corrected chi connectivity index (χ2v) is 22.3. The molecular weight excluding hydrogens is 919 g/mol. The van der Waals surface area contributed by atoms with Gasteiger partial charge in [-0.1, -0.05) is 200 Å². The van der Waals surface area contributed by atoms with Crippen molar-refractivity contribution in [1.82, 2.24) is 15.0 Å². The molecule has 1 spiro atoms. The van der Waals surface area contributed by atoms with Gasteiger partial charge < -0.3 is 0 Å². The summed E-state index contributed by atoms with van der Waals surface area (Å²) in [5.74, 6) is 4.96. The van der Waals surface area contributed by atoms with E-state index < -0.39 is 0 Å². The van der Waals surface area contributed by atoms with E-state index in [1.807, 2.05) is 12.1 Å². The minimum Gasteiger partial charge on any atom is -0.208 e. The number of aromatic nitrogens is 3. The lowest BCUT2D eigenvalue weighted by Crippen LogP contribution is -2.55. The highest BCUT2D eigenvalue weighted by atomic mass is 15.0. The van der Waals surface area contributed by atoms with Crippen LogP contribution >= 0.6 is 0 Å². The highest BCUT2D eigenvalue weighted by Crippen LogP contribution is 2.70. The molecule has 4 bridgehead atoms. The number of hydrogen-bond donors (Lipinski definition) is 0. The van der Waals surface area contributed by atoms with Crippen LogP contribution in [0.2, 0.25) is 0 Å². The highest BCUT2D eigenvalue weighted by Gasteiger charge is 2.61. The standard InChI is InChI=1S/C73H53N3/c1-4-16-47(17-5-1)50-30-33-68-67(43-50)65-32-29-52(44-69(65)73(68)56-35-45-34-46(37-56)38-57(73)36-45)54-39-53(40-55(41-54)72-75-70(48-18-6-2-7-19-48)74-71(76-72)49-20-8-3-9-21-49)51-28-31-64-62-26-13-12-24-60(62)58-22-10-11-23-59(58)61-25-14-15-27-63(61)66(64)42-51/h1-33,39-46,56-57H,34-38H2. The molecule has 0 amide bonds. The van der Waals surface area contributed by atoms with Crippen molar-refractivity contribution >= 4 is 0 Å². The molecule has 1 heterocycles. The molecule has 0 unspecified atom stereocenters. The van der Waals surface area contributed by atoms with Gasteiger partial charge in [-0.25, -0.2) is 15.0 Å². The van der Waals surface area contributed by atoms with E-state index in [0.29, 0.717) is 29.3 Å². The molecule has 4 saturated carbocycles. The molecule has 0 N–H and O–H groups in total. The topological polar surface area (TPSA) is 38.7 Å². The number of rotatable bonds is 6. The first kappa shape index (κ1) is 43.6. The van der Waals surface area contributed by atoms with Crippen LogP contribution in [0.15, 0.2) is 237 Å². The summed E-state index contributed by atoms with van der Waals surface area (Å²) < 4.78 is 0. The van der Waals surface area contributed by atoms with Crippen molar-refractivity contribution in [3.8, 4) is 123 Å². The Morgan fingerprint density at radius 1 is 0.237 bits per heavy atom. The monoisotopic (exact) mass is 971 g/mol. The summed E-state index contributed by atoms with van der Waals surface area (Å²) in [7, 11) is 0. The molecular formula is C73H53N3. The first-order valence-corrected chi connectivity index (χ1v) is 27.4. The van der Waals surface area contributed by atoms with E-state index >= 15 is 0 Å². The van der Waals surface area contributed by atoms with Crippen LogP contribution in [0.1, 0.15) is 43.2 Å². The molecule has 76 heavy (non-hydrogen) atoms. The Morgan fingerprint density at radius 3 is 1.12 bits per heavy atom. The van der Waals surface area contributed by atoms with Crippen LogP contribution in [0, 0.1) is 23.7 Å². The highest BCUT2D eigenvalue weighted by molar-refractivity contribution is 6.04. The van der Waals surface area contributed by atoms with Crippen LogP contribution in [0.4, 0.5) is 0 Å². The van der Waals surface area contributed by atoms with E-state index in [2.05, 4.69) is 224 Å². The van der Waals surface area contributed by atoms with Crippen molar-refractivity contribution in [2.24, 2.45) is 23.7 Å². The second kappa shape index (κ2) is 17.1. The fourth-order valence-corrected chi connectivity index (χ4v) is 15.3. The van der Waals surface area contributed by atoms with Crippen LogP contribution < -0.4 is 0 Å². The summed E-state index contributed by atoms with van der Waals surface area (Å²) in [6.45, 7) is 0. The quantitative estimate of drug-likeness (QED) is 0.167. The maximum atomic E-state index is 5.35. The zero-order chi connectivity index (χ0) is 49.9. The lowest BCUT2D eigenvalue weighted by Gasteiger charge is -2.61. The van der Waals surface area contributed by atoms with Gasteiger partial charge in [0, 0.05) is 22.1 Å². The lowest BCUT2D eigenvalue weighted by molar-refractivity contribution is -0.0399. The minimum absolute atomic E-state index is 0.00511. The first-order chi connectivity index (χ1) is 37.6. The number of benzene rings is 10. The van der Waals surface area contributed by atoms with E-state index in [9.17, 15) is 0 Å². The van der Waals surface area contributed by atoms with Gasteiger partial charge in [0.1, 0.15) is 0 Å². The molecule has 3 nitrogen and oxygen atoms in total. The predicted molar refractivity (Wildman–Crippen MR) is 311 cm³/mol. The molecule has 1 aromatic heterocycles. The van der Waals surface area contributed by atoms with Crippen molar-refractivity contribution in [2.75, 3.05) is 0 Å². The fraction of sp³-hybridized carbons (Fsp3) is 0.137. The molecule has 6 aliphatic rings. The third kappa shape index (κ3) is 6.77. The zero-order valence-corrected chi connectivity index (χ0v) is 42.2. The summed E-state index contributed by atoms with van der Waals surface area (Å²) in [5, 5.41) is 0. The van der Waals surface area contributed by atoms with Gasteiger partial charge in [0.05, 0.1) is 0 Å². The van der Waals surface area contributed by atoms with E-state index in [1.165, 1.54) is 104 Å². The fourth-order valence-electron chi connectivity index (χ4n) is 15.3. The zero-order valence-electron chi connectivity index (χ0n) is 42.2. The second-order valence-electron chi connectivity index (χ2n) is 22.3. The number of hydrogen-bond acceptors (Lipinski definition) is 3. The van der Waals surface area contributed by atoms with Gasteiger partial charge in [0.15, 0.2) is 17.5 Å². The summed E-state index contributed by atoms with van der Waals surface area (Å²) in [6.07, 6.45) is 6.76. The molecule has 11 aromatic rings. The Kier molecular flexibility index (Phi) is 9.82. The van der Waals surface area contributed by atoms with Gasteiger partial charge in [0.25, 0.3) is 0 Å². The molecule has 10 aromatic carbocycles. The number of nitrogens with zero attached hydrogens (tertiary/aromatic N) is 3. The van der Waals surface area contributed by atoms with E-state index in [1.54, 1.807) is 11.1 Å². The summed E-state index contributed by atoms with van der Waals surface area (Å²) in [6, 6.07) is 87.6. The molecule has 0 radical (unpaired) electrons. The number of fused-ring (bicyclic) bond motifs is 11. The predicted octanol–water partition coefficient (Wildman–Crippen LogP) is 18.6. The minimum atomic E-state index is 0.00511. The molecule has 3 heteroatoms. The van der Waals surface area contributed by atoms with Crippen LogP contribution in [0.5, 0.6) is 0 Å². The van der Waals surface area contributed by atoms with Crippen LogP contribution in [0.3, 0.4) is 0 Å². The van der Waals surface area contributed by atoms with Gasteiger partial charge in [-0.05, 0) is 192 Å². The van der Waals surface area contributed by atoms with Crippen molar-refractivity contribution in [2.45, 2.75) is 37.5 Å².